The lowest BCUT2D eigenvalue weighted by Crippen LogP contribution is -2.24. The van der Waals surface area contributed by atoms with E-state index in [2.05, 4.69) is 39.8 Å². The van der Waals surface area contributed by atoms with Crippen LogP contribution >= 0.6 is 0 Å². The summed E-state index contributed by atoms with van der Waals surface area (Å²) in [5, 5.41) is 14.3. The number of benzene rings is 1. The molecule has 122 valence electrons. The highest BCUT2D eigenvalue weighted by Crippen LogP contribution is 2.50. The molecule has 0 radical (unpaired) electrons. The lowest BCUT2D eigenvalue weighted by Gasteiger charge is -2.30. The summed E-state index contributed by atoms with van der Waals surface area (Å²) in [5.41, 5.74) is 3.41. The van der Waals surface area contributed by atoms with Crippen molar-refractivity contribution in [2.75, 3.05) is 6.61 Å². The number of nitrogens with zero attached hydrogens (tertiary/aromatic N) is 1. The molecule has 4 heteroatoms. The van der Waals surface area contributed by atoms with Crippen molar-refractivity contribution in [1.82, 2.24) is 5.16 Å². The third kappa shape index (κ3) is 2.74. The third-order valence-electron chi connectivity index (χ3n) is 4.20. The predicted octanol–water partition coefficient (Wildman–Crippen LogP) is 4.86. The molecular formula is C19H23NO3. The van der Waals surface area contributed by atoms with Gasteiger partial charge >= 0.3 is 0 Å². The molecule has 1 aromatic carbocycles. The van der Waals surface area contributed by atoms with Crippen molar-refractivity contribution in [2.24, 2.45) is 10.8 Å². The Bertz CT molecular complexity index is 749. The summed E-state index contributed by atoms with van der Waals surface area (Å²) < 4.78 is 10.9. The standard InChI is InChI=1S/C19H23NO3/c1-18(2,3)17-16(22-11-19(17,4)5)12-6-7-13(15(21)10-12)14-8-9-23-20-14/h6-10,21H,11H2,1-5H3. The van der Waals surface area contributed by atoms with E-state index in [4.69, 9.17) is 9.26 Å². The first-order valence-electron chi connectivity index (χ1n) is 7.82. The number of hydrogen-bond acceptors (Lipinski definition) is 4. The molecule has 0 fully saturated rings. The summed E-state index contributed by atoms with van der Waals surface area (Å²) in [4.78, 5) is 0. The molecule has 2 heterocycles. The zero-order chi connectivity index (χ0) is 16.8. The molecule has 0 atom stereocenters. The van der Waals surface area contributed by atoms with Crippen LogP contribution in [0.15, 0.2) is 40.6 Å². The van der Waals surface area contributed by atoms with Gasteiger partial charge in [-0.15, -0.1) is 0 Å². The van der Waals surface area contributed by atoms with Crippen LogP contribution in [0.5, 0.6) is 5.75 Å². The molecule has 1 aromatic heterocycles. The molecule has 0 spiro atoms. The summed E-state index contributed by atoms with van der Waals surface area (Å²) in [6.07, 6.45) is 1.49. The molecular weight excluding hydrogens is 290 g/mol. The van der Waals surface area contributed by atoms with Gasteiger partial charge in [0.25, 0.3) is 0 Å². The van der Waals surface area contributed by atoms with Gasteiger partial charge in [0, 0.05) is 22.6 Å². The predicted molar refractivity (Wildman–Crippen MR) is 89.7 cm³/mol. The minimum Gasteiger partial charge on any atom is -0.507 e. The smallest absolute Gasteiger partial charge is 0.127 e. The first-order valence-corrected chi connectivity index (χ1v) is 7.82. The van der Waals surface area contributed by atoms with Gasteiger partial charge in [0.15, 0.2) is 0 Å². The molecule has 1 aliphatic heterocycles. The van der Waals surface area contributed by atoms with Gasteiger partial charge in [-0.1, -0.05) is 45.8 Å². The van der Waals surface area contributed by atoms with Crippen molar-refractivity contribution >= 4 is 5.76 Å². The van der Waals surface area contributed by atoms with Gasteiger partial charge < -0.3 is 14.4 Å². The number of phenolic OH excluding ortho intramolecular Hbond substituents is 1. The Labute approximate surface area is 136 Å². The van der Waals surface area contributed by atoms with Gasteiger partial charge in [-0.25, -0.2) is 0 Å². The fourth-order valence-corrected chi connectivity index (χ4v) is 3.53. The monoisotopic (exact) mass is 313 g/mol. The number of phenols is 1. The highest BCUT2D eigenvalue weighted by atomic mass is 16.5. The minimum atomic E-state index is -0.0199. The number of rotatable bonds is 2. The first kappa shape index (κ1) is 15.7. The van der Waals surface area contributed by atoms with Crippen LogP contribution in [0.4, 0.5) is 0 Å². The van der Waals surface area contributed by atoms with E-state index in [1.807, 2.05) is 12.1 Å². The summed E-state index contributed by atoms with van der Waals surface area (Å²) in [6, 6.07) is 7.28. The van der Waals surface area contributed by atoms with E-state index < -0.39 is 0 Å². The normalized spacial score (nSPS) is 17.4. The van der Waals surface area contributed by atoms with E-state index in [9.17, 15) is 5.11 Å². The quantitative estimate of drug-likeness (QED) is 0.860. The largest absolute Gasteiger partial charge is 0.507 e. The van der Waals surface area contributed by atoms with Crippen molar-refractivity contribution in [3.05, 3.63) is 41.7 Å². The SMILES string of the molecule is CC(C)(C)C1=C(c2ccc(-c3ccon3)c(O)c2)OCC1(C)C. The van der Waals surface area contributed by atoms with Crippen molar-refractivity contribution in [3.8, 4) is 17.0 Å². The Hall–Kier alpha value is -2.23. The van der Waals surface area contributed by atoms with Crippen LogP contribution in [0.3, 0.4) is 0 Å². The fraction of sp³-hybridized carbons (Fsp3) is 0.421. The van der Waals surface area contributed by atoms with Crippen LogP contribution < -0.4 is 0 Å². The molecule has 0 unspecified atom stereocenters. The Morgan fingerprint density at radius 3 is 2.48 bits per heavy atom. The molecule has 0 amide bonds. The van der Waals surface area contributed by atoms with Crippen LogP contribution in [0.1, 0.15) is 40.2 Å². The third-order valence-corrected chi connectivity index (χ3v) is 4.20. The Kier molecular flexibility index (Phi) is 3.51. The highest BCUT2D eigenvalue weighted by molar-refractivity contribution is 5.74. The van der Waals surface area contributed by atoms with E-state index in [1.54, 1.807) is 12.1 Å². The molecule has 2 aromatic rings. The second-order valence-corrected chi connectivity index (χ2v) is 7.74. The zero-order valence-electron chi connectivity index (χ0n) is 14.3. The van der Waals surface area contributed by atoms with Crippen LogP contribution in [-0.2, 0) is 4.74 Å². The van der Waals surface area contributed by atoms with E-state index >= 15 is 0 Å². The summed E-state index contributed by atoms with van der Waals surface area (Å²) >= 11 is 0. The molecule has 0 bridgehead atoms. The van der Waals surface area contributed by atoms with Crippen LogP contribution in [0.25, 0.3) is 17.0 Å². The van der Waals surface area contributed by atoms with Gasteiger partial charge in [-0.2, -0.15) is 0 Å². The average molecular weight is 313 g/mol. The molecule has 0 saturated heterocycles. The molecule has 4 nitrogen and oxygen atoms in total. The van der Waals surface area contributed by atoms with Crippen LogP contribution in [0, 0.1) is 10.8 Å². The zero-order valence-corrected chi connectivity index (χ0v) is 14.3. The Balaban J connectivity index is 2.10. The molecule has 1 N–H and O–H groups in total. The maximum atomic E-state index is 10.4. The molecule has 23 heavy (non-hydrogen) atoms. The molecule has 3 rings (SSSR count). The number of aromatic nitrogens is 1. The van der Waals surface area contributed by atoms with Gasteiger partial charge in [-0.3, -0.25) is 0 Å². The first-order chi connectivity index (χ1) is 10.7. The molecule has 0 saturated carbocycles. The second kappa shape index (κ2) is 5.15. The number of ether oxygens (including phenoxy) is 1. The lowest BCUT2D eigenvalue weighted by molar-refractivity contribution is 0.213. The van der Waals surface area contributed by atoms with E-state index in [1.165, 1.54) is 11.8 Å². The van der Waals surface area contributed by atoms with E-state index in [-0.39, 0.29) is 16.6 Å². The highest BCUT2D eigenvalue weighted by Gasteiger charge is 2.41. The number of hydrogen-bond donors (Lipinski definition) is 1. The van der Waals surface area contributed by atoms with Crippen LogP contribution in [-0.4, -0.2) is 16.9 Å². The van der Waals surface area contributed by atoms with Gasteiger partial charge in [0.1, 0.15) is 23.5 Å². The Morgan fingerprint density at radius 2 is 1.91 bits per heavy atom. The van der Waals surface area contributed by atoms with Crippen LogP contribution in [0.2, 0.25) is 0 Å². The van der Waals surface area contributed by atoms with Crippen molar-refractivity contribution < 1.29 is 14.4 Å². The average Bonchev–Trinajstić information content (AvgIpc) is 3.04. The maximum absolute atomic E-state index is 10.4. The minimum absolute atomic E-state index is 0.00423. The molecule has 1 aliphatic rings. The van der Waals surface area contributed by atoms with E-state index in [0.29, 0.717) is 17.9 Å². The lowest BCUT2D eigenvalue weighted by atomic mass is 9.71. The van der Waals surface area contributed by atoms with E-state index in [0.717, 1.165) is 11.3 Å². The fourth-order valence-electron chi connectivity index (χ4n) is 3.53. The van der Waals surface area contributed by atoms with Gasteiger partial charge in [0.05, 0.1) is 6.61 Å². The van der Waals surface area contributed by atoms with Crippen molar-refractivity contribution in [2.45, 2.75) is 34.6 Å². The topological polar surface area (TPSA) is 55.5 Å². The summed E-state index contributed by atoms with van der Waals surface area (Å²) in [7, 11) is 0. The van der Waals surface area contributed by atoms with Gasteiger partial charge in [0.2, 0.25) is 0 Å². The van der Waals surface area contributed by atoms with Crippen molar-refractivity contribution in [1.29, 1.82) is 0 Å². The van der Waals surface area contributed by atoms with Crippen molar-refractivity contribution in [3.63, 3.8) is 0 Å². The Morgan fingerprint density at radius 1 is 1.17 bits per heavy atom. The number of aromatic hydroxyl groups is 1. The second-order valence-electron chi connectivity index (χ2n) is 7.74. The maximum Gasteiger partial charge on any atom is 0.127 e. The van der Waals surface area contributed by atoms with Gasteiger partial charge in [-0.05, 0) is 23.1 Å². The summed E-state index contributed by atoms with van der Waals surface area (Å²) in [5.74, 6) is 1.05. The summed E-state index contributed by atoms with van der Waals surface area (Å²) in [6.45, 7) is 11.6. The molecule has 0 aliphatic carbocycles.